The standard InChI is InChI=1S/C14H21BrN2O2/c1-4-17(5-2)14(19)9-16(3)12-7-6-11(10-18)13(15)8-12/h6-8,18H,4-5,9-10H2,1-3H3. The molecule has 1 N–H and O–H groups in total. The van der Waals surface area contributed by atoms with Crippen LogP contribution in [0.5, 0.6) is 0 Å². The predicted octanol–water partition coefficient (Wildman–Crippen LogP) is 2.25. The Bertz CT molecular complexity index is 433. The van der Waals surface area contributed by atoms with Gasteiger partial charge in [-0.25, -0.2) is 0 Å². The van der Waals surface area contributed by atoms with Crippen molar-refractivity contribution in [3.63, 3.8) is 0 Å². The van der Waals surface area contributed by atoms with Crippen LogP contribution >= 0.6 is 15.9 Å². The van der Waals surface area contributed by atoms with Crippen LogP contribution in [0, 0.1) is 0 Å². The van der Waals surface area contributed by atoms with E-state index in [1.54, 1.807) is 0 Å². The molecule has 0 fully saturated rings. The number of hydrogen-bond acceptors (Lipinski definition) is 3. The zero-order valence-electron chi connectivity index (χ0n) is 11.7. The second-order valence-electron chi connectivity index (χ2n) is 4.36. The van der Waals surface area contributed by atoms with Gasteiger partial charge < -0.3 is 14.9 Å². The summed E-state index contributed by atoms with van der Waals surface area (Å²) in [4.78, 5) is 15.8. The van der Waals surface area contributed by atoms with Crippen molar-refractivity contribution in [2.45, 2.75) is 20.5 Å². The minimum Gasteiger partial charge on any atom is -0.392 e. The number of likely N-dealkylation sites (N-methyl/N-ethyl adjacent to an activating group) is 2. The van der Waals surface area contributed by atoms with Gasteiger partial charge in [-0.15, -0.1) is 0 Å². The first-order valence-corrected chi connectivity index (χ1v) is 7.20. The van der Waals surface area contributed by atoms with Crippen LogP contribution in [0.25, 0.3) is 0 Å². The molecular formula is C14H21BrN2O2. The fourth-order valence-corrected chi connectivity index (χ4v) is 2.36. The first-order chi connectivity index (χ1) is 9.03. The van der Waals surface area contributed by atoms with E-state index in [2.05, 4.69) is 15.9 Å². The van der Waals surface area contributed by atoms with Crippen molar-refractivity contribution in [1.82, 2.24) is 4.90 Å². The number of anilines is 1. The summed E-state index contributed by atoms with van der Waals surface area (Å²) in [7, 11) is 1.89. The van der Waals surface area contributed by atoms with Gasteiger partial charge in [0.15, 0.2) is 0 Å². The number of aliphatic hydroxyl groups excluding tert-OH is 1. The summed E-state index contributed by atoms with van der Waals surface area (Å²) in [6.07, 6.45) is 0. The highest BCUT2D eigenvalue weighted by Crippen LogP contribution is 2.23. The molecule has 0 aromatic heterocycles. The van der Waals surface area contributed by atoms with Gasteiger partial charge in [0.25, 0.3) is 0 Å². The third-order valence-corrected chi connectivity index (χ3v) is 3.87. The van der Waals surface area contributed by atoms with E-state index >= 15 is 0 Å². The van der Waals surface area contributed by atoms with Crippen molar-refractivity contribution in [3.05, 3.63) is 28.2 Å². The van der Waals surface area contributed by atoms with E-state index < -0.39 is 0 Å². The number of carbonyl (C=O) groups is 1. The lowest BCUT2D eigenvalue weighted by Crippen LogP contribution is -2.38. The average molecular weight is 329 g/mol. The molecule has 0 aliphatic carbocycles. The van der Waals surface area contributed by atoms with Gasteiger partial charge in [0.2, 0.25) is 5.91 Å². The molecule has 0 saturated heterocycles. The lowest BCUT2D eigenvalue weighted by atomic mass is 10.2. The van der Waals surface area contributed by atoms with Crippen molar-refractivity contribution in [2.75, 3.05) is 31.6 Å². The summed E-state index contributed by atoms with van der Waals surface area (Å²) in [5, 5.41) is 9.13. The van der Waals surface area contributed by atoms with Crippen molar-refractivity contribution < 1.29 is 9.90 Å². The zero-order valence-corrected chi connectivity index (χ0v) is 13.3. The molecule has 0 aliphatic rings. The maximum atomic E-state index is 12.0. The summed E-state index contributed by atoms with van der Waals surface area (Å²) >= 11 is 3.42. The van der Waals surface area contributed by atoms with Gasteiger partial charge in [0.05, 0.1) is 13.2 Å². The largest absolute Gasteiger partial charge is 0.392 e. The molecule has 4 nitrogen and oxygen atoms in total. The minimum absolute atomic E-state index is 0.00293. The van der Waals surface area contributed by atoms with E-state index in [9.17, 15) is 4.79 Å². The van der Waals surface area contributed by atoms with Crippen LogP contribution in [-0.4, -0.2) is 42.6 Å². The van der Waals surface area contributed by atoms with Gasteiger partial charge in [-0.2, -0.15) is 0 Å². The quantitative estimate of drug-likeness (QED) is 0.871. The molecule has 106 valence electrons. The molecule has 0 unspecified atom stereocenters. The number of rotatable bonds is 6. The van der Waals surface area contributed by atoms with Crippen molar-refractivity contribution >= 4 is 27.5 Å². The number of carbonyl (C=O) groups excluding carboxylic acids is 1. The van der Waals surface area contributed by atoms with Gasteiger partial charge in [0, 0.05) is 30.3 Å². The number of hydrogen-bond donors (Lipinski definition) is 1. The number of halogens is 1. The second kappa shape index (κ2) is 7.50. The fraction of sp³-hybridized carbons (Fsp3) is 0.500. The lowest BCUT2D eigenvalue weighted by molar-refractivity contribution is -0.129. The molecule has 1 rings (SSSR count). The van der Waals surface area contributed by atoms with Gasteiger partial charge in [0.1, 0.15) is 0 Å². The molecule has 0 radical (unpaired) electrons. The van der Waals surface area contributed by atoms with Crippen LogP contribution in [0.4, 0.5) is 5.69 Å². The van der Waals surface area contributed by atoms with Crippen LogP contribution in [0.2, 0.25) is 0 Å². The molecule has 5 heteroatoms. The SMILES string of the molecule is CCN(CC)C(=O)CN(C)c1ccc(CO)c(Br)c1. The Labute approximate surface area is 123 Å². The average Bonchev–Trinajstić information content (AvgIpc) is 2.39. The molecule has 1 aromatic carbocycles. The van der Waals surface area contributed by atoms with E-state index in [1.165, 1.54) is 0 Å². The summed E-state index contributed by atoms with van der Waals surface area (Å²) in [5.41, 5.74) is 1.79. The fourth-order valence-electron chi connectivity index (χ4n) is 1.87. The molecule has 1 amide bonds. The highest BCUT2D eigenvalue weighted by molar-refractivity contribution is 9.10. The van der Waals surface area contributed by atoms with Crippen molar-refractivity contribution in [1.29, 1.82) is 0 Å². The van der Waals surface area contributed by atoms with Crippen LogP contribution in [0.15, 0.2) is 22.7 Å². The van der Waals surface area contributed by atoms with Crippen molar-refractivity contribution in [2.24, 2.45) is 0 Å². The number of nitrogens with zero attached hydrogens (tertiary/aromatic N) is 2. The molecule has 19 heavy (non-hydrogen) atoms. The summed E-state index contributed by atoms with van der Waals surface area (Å²) in [5.74, 6) is 0.120. The Balaban J connectivity index is 2.75. The number of aliphatic hydroxyl groups is 1. The Morgan fingerprint density at radius 2 is 1.95 bits per heavy atom. The van der Waals surface area contributed by atoms with E-state index in [0.29, 0.717) is 6.54 Å². The predicted molar refractivity (Wildman–Crippen MR) is 81.3 cm³/mol. The summed E-state index contributed by atoms with van der Waals surface area (Å²) in [6, 6.07) is 5.69. The van der Waals surface area contributed by atoms with Crippen molar-refractivity contribution in [3.8, 4) is 0 Å². The van der Waals surface area contributed by atoms with Gasteiger partial charge in [-0.05, 0) is 31.5 Å². The van der Waals surface area contributed by atoms with Crippen LogP contribution in [0.3, 0.4) is 0 Å². The van der Waals surface area contributed by atoms with Crippen LogP contribution in [-0.2, 0) is 11.4 Å². The zero-order chi connectivity index (χ0) is 14.4. The Hall–Kier alpha value is -1.07. The maximum absolute atomic E-state index is 12.0. The Morgan fingerprint density at radius 3 is 2.42 bits per heavy atom. The molecular weight excluding hydrogens is 308 g/mol. The maximum Gasteiger partial charge on any atom is 0.242 e. The van der Waals surface area contributed by atoms with E-state index in [1.807, 2.05) is 48.9 Å². The normalized spacial score (nSPS) is 10.4. The molecule has 1 aromatic rings. The third kappa shape index (κ3) is 4.21. The van der Waals surface area contributed by atoms with Crippen LogP contribution < -0.4 is 4.90 Å². The molecule has 0 bridgehead atoms. The van der Waals surface area contributed by atoms with E-state index in [0.717, 1.165) is 28.8 Å². The topological polar surface area (TPSA) is 43.8 Å². The van der Waals surface area contributed by atoms with Gasteiger partial charge >= 0.3 is 0 Å². The molecule has 0 atom stereocenters. The molecule has 0 heterocycles. The summed E-state index contributed by atoms with van der Waals surface area (Å²) < 4.78 is 0.856. The Morgan fingerprint density at radius 1 is 1.32 bits per heavy atom. The molecule has 0 saturated carbocycles. The lowest BCUT2D eigenvalue weighted by Gasteiger charge is -2.24. The highest BCUT2D eigenvalue weighted by Gasteiger charge is 2.13. The number of benzene rings is 1. The highest BCUT2D eigenvalue weighted by atomic mass is 79.9. The van der Waals surface area contributed by atoms with Crippen LogP contribution in [0.1, 0.15) is 19.4 Å². The third-order valence-electron chi connectivity index (χ3n) is 3.14. The minimum atomic E-state index is 0.00293. The van der Waals surface area contributed by atoms with E-state index in [4.69, 9.17) is 5.11 Å². The smallest absolute Gasteiger partial charge is 0.242 e. The number of amides is 1. The first kappa shape index (κ1) is 16.0. The monoisotopic (exact) mass is 328 g/mol. The molecule has 0 spiro atoms. The second-order valence-corrected chi connectivity index (χ2v) is 5.21. The van der Waals surface area contributed by atoms with Gasteiger partial charge in [-0.1, -0.05) is 22.0 Å². The summed E-state index contributed by atoms with van der Waals surface area (Å²) in [6.45, 7) is 5.78. The Kier molecular flexibility index (Phi) is 6.31. The van der Waals surface area contributed by atoms with Gasteiger partial charge in [-0.3, -0.25) is 4.79 Å². The molecule has 0 aliphatic heterocycles. The van der Waals surface area contributed by atoms with E-state index in [-0.39, 0.29) is 12.5 Å². The first-order valence-electron chi connectivity index (χ1n) is 6.41.